The molecule has 1 aliphatic heterocycles. The molecule has 0 spiro atoms. The highest BCUT2D eigenvalue weighted by Gasteiger charge is 2.29. The molecule has 88 valence electrons. The van der Waals surface area contributed by atoms with Gasteiger partial charge in [-0.25, -0.2) is 9.79 Å². The molecule has 0 radical (unpaired) electrons. The Morgan fingerprint density at radius 1 is 1.35 bits per heavy atom. The molecule has 0 aromatic heterocycles. The largest absolute Gasteiger partial charge is 0.404 e. The van der Waals surface area contributed by atoms with Crippen molar-refractivity contribution >= 4 is 17.6 Å². The van der Waals surface area contributed by atoms with E-state index in [1.807, 2.05) is 13.8 Å². The van der Waals surface area contributed by atoms with Crippen LogP contribution in [-0.2, 0) is 4.74 Å². The van der Waals surface area contributed by atoms with Crippen LogP contribution in [0.4, 0.5) is 5.69 Å². The van der Waals surface area contributed by atoms with Crippen LogP contribution in [0.5, 0.6) is 0 Å². The highest BCUT2D eigenvalue weighted by Crippen LogP contribution is 2.25. The van der Waals surface area contributed by atoms with E-state index in [1.165, 1.54) is 18.2 Å². The Morgan fingerprint density at radius 2 is 2.06 bits per heavy atom. The smallest absolute Gasteiger partial charge is 0.345 e. The van der Waals surface area contributed by atoms with Crippen molar-refractivity contribution in [2.75, 3.05) is 0 Å². The summed E-state index contributed by atoms with van der Waals surface area (Å²) in [5.41, 5.74) is 0.617. The molecule has 6 nitrogen and oxygen atoms in total. The van der Waals surface area contributed by atoms with Crippen LogP contribution in [0.15, 0.2) is 23.2 Å². The summed E-state index contributed by atoms with van der Waals surface area (Å²) in [6.45, 7) is 3.66. The molecular formula is C11H10N2O4. The van der Waals surface area contributed by atoms with Gasteiger partial charge in [-0.1, -0.05) is 0 Å². The normalized spacial score (nSPS) is 16.2. The first-order chi connectivity index (χ1) is 7.99. The van der Waals surface area contributed by atoms with Gasteiger partial charge in [-0.15, -0.1) is 0 Å². The number of nitro groups is 1. The van der Waals surface area contributed by atoms with Crippen LogP contribution in [0.2, 0.25) is 0 Å². The van der Waals surface area contributed by atoms with E-state index >= 15 is 0 Å². The molecule has 0 aliphatic carbocycles. The zero-order chi connectivity index (χ0) is 12.6. The molecule has 0 fully saturated rings. The summed E-state index contributed by atoms with van der Waals surface area (Å²) in [5.74, 6) is -0.363. The number of nitro benzene ring substituents is 1. The zero-order valence-electron chi connectivity index (χ0n) is 9.34. The summed E-state index contributed by atoms with van der Waals surface area (Å²) in [6.07, 6.45) is 0. The molecule has 6 heteroatoms. The van der Waals surface area contributed by atoms with Crippen LogP contribution in [0.1, 0.15) is 29.8 Å². The van der Waals surface area contributed by atoms with Gasteiger partial charge in [0.1, 0.15) is 0 Å². The van der Waals surface area contributed by atoms with Gasteiger partial charge >= 0.3 is 5.97 Å². The molecule has 0 saturated carbocycles. The van der Waals surface area contributed by atoms with Gasteiger partial charge in [0.05, 0.1) is 16.1 Å². The Bertz CT molecular complexity index is 534. The van der Waals surface area contributed by atoms with Gasteiger partial charge < -0.3 is 4.74 Å². The summed E-state index contributed by atoms with van der Waals surface area (Å²) in [4.78, 5) is 25.7. The molecule has 0 N–H and O–H groups in total. The zero-order valence-corrected chi connectivity index (χ0v) is 9.34. The maximum absolute atomic E-state index is 11.5. The van der Waals surface area contributed by atoms with Gasteiger partial charge in [-0.2, -0.15) is 0 Å². The van der Waals surface area contributed by atoms with Gasteiger partial charge in [0.25, 0.3) is 5.69 Å². The molecule has 0 unspecified atom stereocenters. The highest BCUT2D eigenvalue weighted by molar-refractivity contribution is 6.17. The van der Waals surface area contributed by atoms with E-state index < -0.39 is 10.9 Å². The Balaban J connectivity index is 2.54. The first-order valence-electron chi connectivity index (χ1n) is 5.08. The predicted octanol–water partition coefficient (Wildman–Crippen LogP) is 1.92. The second kappa shape index (κ2) is 3.97. The lowest BCUT2D eigenvalue weighted by Crippen LogP contribution is -2.04. The predicted molar refractivity (Wildman–Crippen MR) is 60.2 cm³/mol. The van der Waals surface area contributed by atoms with E-state index in [9.17, 15) is 14.9 Å². The Morgan fingerprint density at radius 3 is 2.65 bits per heavy atom. The number of benzene rings is 1. The number of rotatable bonds is 2. The number of non-ortho nitro benzene ring substituents is 1. The SMILES string of the molecule is CC(C)/N=C1/OC(=O)c2ccc([N+](=O)[O-])cc21. The van der Waals surface area contributed by atoms with E-state index in [0.717, 1.165) is 0 Å². The number of hydrogen-bond acceptors (Lipinski definition) is 5. The quantitative estimate of drug-likeness (QED) is 0.444. The molecule has 2 rings (SSSR count). The number of hydrogen-bond donors (Lipinski definition) is 0. The van der Waals surface area contributed by atoms with Crippen molar-refractivity contribution in [1.82, 2.24) is 0 Å². The molecule has 1 aromatic rings. The Kier molecular flexibility index (Phi) is 2.63. The van der Waals surface area contributed by atoms with Gasteiger partial charge in [0.15, 0.2) is 0 Å². The van der Waals surface area contributed by atoms with E-state index in [-0.39, 0.29) is 17.6 Å². The van der Waals surface area contributed by atoms with Gasteiger partial charge in [0.2, 0.25) is 5.90 Å². The standard InChI is InChI=1S/C11H10N2O4/c1-6(2)12-10-9-5-7(13(15)16)3-4-8(9)11(14)17-10/h3-6H,1-2H3/b12-10+. The van der Waals surface area contributed by atoms with E-state index in [4.69, 9.17) is 4.74 Å². The van der Waals surface area contributed by atoms with Crippen LogP contribution >= 0.6 is 0 Å². The number of carbonyl (C=O) groups excluding carboxylic acids is 1. The molecule has 1 aliphatic rings. The maximum atomic E-state index is 11.5. The molecule has 1 aromatic carbocycles. The fraction of sp³-hybridized carbons (Fsp3) is 0.273. The summed E-state index contributed by atoms with van der Waals surface area (Å²) in [5, 5.41) is 10.7. The van der Waals surface area contributed by atoms with Crippen molar-refractivity contribution in [3.05, 3.63) is 39.4 Å². The number of fused-ring (bicyclic) bond motifs is 1. The van der Waals surface area contributed by atoms with Crippen molar-refractivity contribution < 1.29 is 14.5 Å². The van der Waals surface area contributed by atoms with Crippen molar-refractivity contribution in [2.45, 2.75) is 19.9 Å². The fourth-order valence-corrected chi connectivity index (χ4v) is 1.53. The van der Waals surface area contributed by atoms with Crippen LogP contribution in [0, 0.1) is 10.1 Å². The van der Waals surface area contributed by atoms with E-state index in [2.05, 4.69) is 4.99 Å². The Labute approximate surface area is 97.1 Å². The van der Waals surface area contributed by atoms with E-state index in [1.54, 1.807) is 0 Å². The summed E-state index contributed by atoms with van der Waals surface area (Å²) >= 11 is 0. The average molecular weight is 234 g/mol. The van der Waals surface area contributed by atoms with Gasteiger partial charge in [0, 0.05) is 18.2 Å². The Hall–Kier alpha value is -2.24. The first-order valence-corrected chi connectivity index (χ1v) is 5.08. The number of esters is 1. The maximum Gasteiger partial charge on any atom is 0.345 e. The summed E-state index contributed by atoms with van der Waals surface area (Å²) in [7, 11) is 0. The second-order valence-electron chi connectivity index (χ2n) is 3.90. The second-order valence-corrected chi connectivity index (χ2v) is 3.90. The lowest BCUT2D eigenvalue weighted by atomic mass is 10.1. The monoisotopic (exact) mass is 234 g/mol. The van der Waals surface area contributed by atoms with Crippen LogP contribution in [0.3, 0.4) is 0 Å². The fourth-order valence-electron chi connectivity index (χ4n) is 1.53. The number of cyclic esters (lactones) is 1. The number of aliphatic imine (C=N–C) groups is 1. The van der Waals surface area contributed by atoms with Crippen LogP contribution < -0.4 is 0 Å². The topological polar surface area (TPSA) is 81.8 Å². The third-order valence-corrected chi connectivity index (χ3v) is 2.23. The molecule has 1 heterocycles. The van der Waals surface area contributed by atoms with Gasteiger partial charge in [-0.3, -0.25) is 10.1 Å². The molecule has 0 atom stereocenters. The average Bonchev–Trinajstić information content (AvgIpc) is 2.54. The van der Waals surface area contributed by atoms with Gasteiger partial charge in [-0.05, 0) is 19.9 Å². The summed E-state index contributed by atoms with van der Waals surface area (Å²) < 4.78 is 4.97. The minimum absolute atomic E-state index is 0.0528. The first kappa shape index (κ1) is 11.3. The molecular weight excluding hydrogens is 224 g/mol. The van der Waals surface area contributed by atoms with Crippen molar-refractivity contribution in [2.24, 2.45) is 4.99 Å². The number of carbonyl (C=O) groups is 1. The lowest BCUT2D eigenvalue weighted by Gasteiger charge is -2.00. The molecule has 0 saturated heterocycles. The third kappa shape index (κ3) is 2.01. The molecule has 0 amide bonds. The van der Waals surface area contributed by atoms with Crippen molar-refractivity contribution in [3.8, 4) is 0 Å². The highest BCUT2D eigenvalue weighted by atomic mass is 16.6. The number of ether oxygens (including phenoxy) is 1. The minimum Gasteiger partial charge on any atom is -0.404 e. The van der Waals surface area contributed by atoms with Crippen molar-refractivity contribution in [1.29, 1.82) is 0 Å². The minimum atomic E-state index is -0.519. The summed E-state index contributed by atoms with van der Waals surface area (Å²) in [6, 6.07) is 3.92. The molecule has 0 bridgehead atoms. The lowest BCUT2D eigenvalue weighted by molar-refractivity contribution is -0.384. The number of nitrogens with zero attached hydrogens (tertiary/aromatic N) is 2. The van der Waals surface area contributed by atoms with Crippen LogP contribution in [-0.4, -0.2) is 22.8 Å². The third-order valence-electron chi connectivity index (χ3n) is 2.23. The van der Waals surface area contributed by atoms with E-state index in [0.29, 0.717) is 11.1 Å². The molecule has 17 heavy (non-hydrogen) atoms. The van der Waals surface area contributed by atoms with Crippen molar-refractivity contribution in [3.63, 3.8) is 0 Å². The van der Waals surface area contributed by atoms with Crippen LogP contribution in [0.25, 0.3) is 0 Å².